The number of hydrogen-bond donors (Lipinski definition) is 1. The van der Waals surface area contributed by atoms with Crippen LogP contribution >= 0.6 is 0 Å². The summed E-state index contributed by atoms with van der Waals surface area (Å²) >= 11 is 0. The van der Waals surface area contributed by atoms with Crippen molar-refractivity contribution in [3.05, 3.63) is 17.0 Å². The van der Waals surface area contributed by atoms with E-state index in [1.807, 2.05) is 13.8 Å². The van der Waals surface area contributed by atoms with Crippen LogP contribution in [-0.4, -0.2) is 29.3 Å². The summed E-state index contributed by atoms with van der Waals surface area (Å²) in [5.41, 5.74) is 0.774. The second-order valence-corrected chi connectivity index (χ2v) is 6.75. The molecule has 7 heteroatoms. The number of hydrogen-bond acceptors (Lipinski definition) is 4. The van der Waals surface area contributed by atoms with Gasteiger partial charge in [0.05, 0.1) is 17.2 Å². The molecule has 0 fully saturated rings. The molecule has 0 saturated carbocycles. The first kappa shape index (κ1) is 12.1. The number of carboxylic acid groups (broad SMARTS) is 1. The topological polar surface area (TPSA) is 89.3 Å². The third-order valence-electron chi connectivity index (χ3n) is 2.63. The van der Waals surface area contributed by atoms with Crippen molar-refractivity contribution in [3.63, 3.8) is 0 Å². The molecule has 0 saturated heterocycles. The van der Waals surface area contributed by atoms with E-state index in [9.17, 15) is 13.2 Å². The maximum Gasteiger partial charge on any atom is 0.356 e. The fourth-order valence-electron chi connectivity index (χ4n) is 2.00. The van der Waals surface area contributed by atoms with Gasteiger partial charge in [0.1, 0.15) is 0 Å². The summed E-state index contributed by atoms with van der Waals surface area (Å²) in [6, 6.07) is 0. The maximum absolute atomic E-state index is 11.5. The van der Waals surface area contributed by atoms with Crippen LogP contribution in [0.25, 0.3) is 0 Å². The maximum atomic E-state index is 11.5. The van der Waals surface area contributed by atoms with E-state index in [0.29, 0.717) is 17.8 Å². The monoisotopic (exact) mass is 258 g/mol. The summed E-state index contributed by atoms with van der Waals surface area (Å²) < 4.78 is 24.6. The van der Waals surface area contributed by atoms with E-state index in [2.05, 4.69) is 5.10 Å². The zero-order valence-electron chi connectivity index (χ0n) is 9.67. The van der Waals surface area contributed by atoms with Crippen LogP contribution in [0.2, 0.25) is 0 Å². The van der Waals surface area contributed by atoms with Gasteiger partial charge in [0, 0.05) is 12.1 Å². The standard InChI is InChI=1S/C10H14N2O4S/c1-6(2)3-12-8-5-17(15,16)4-7(8)9(11-12)10(13)14/h6H,3-5H2,1-2H3,(H,13,14). The SMILES string of the molecule is CC(C)Cn1nc(C(=O)O)c2c1CS(=O)(=O)C2. The van der Waals surface area contributed by atoms with E-state index in [1.54, 1.807) is 0 Å². The summed E-state index contributed by atoms with van der Waals surface area (Å²) in [6.07, 6.45) is 0. The molecule has 1 N–H and O–H groups in total. The second kappa shape index (κ2) is 3.83. The van der Waals surface area contributed by atoms with Gasteiger partial charge in [0.2, 0.25) is 0 Å². The molecule has 0 amide bonds. The molecule has 17 heavy (non-hydrogen) atoms. The average Bonchev–Trinajstić information content (AvgIpc) is 2.60. The van der Waals surface area contributed by atoms with Gasteiger partial charge in [-0.25, -0.2) is 13.2 Å². The lowest BCUT2D eigenvalue weighted by Crippen LogP contribution is -2.12. The number of aromatic nitrogens is 2. The quantitative estimate of drug-likeness (QED) is 0.860. The Balaban J connectivity index is 2.52. The van der Waals surface area contributed by atoms with Gasteiger partial charge in [-0.2, -0.15) is 5.10 Å². The van der Waals surface area contributed by atoms with Crippen molar-refractivity contribution >= 4 is 15.8 Å². The van der Waals surface area contributed by atoms with E-state index in [1.165, 1.54) is 4.68 Å². The summed E-state index contributed by atoms with van der Waals surface area (Å²) in [4.78, 5) is 11.0. The molecule has 2 rings (SSSR count). The van der Waals surface area contributed by atoms with Crippen LogP contribution in [0.4, 0.5) is 0 Å². The van der Waals surface area contributed by atoms with Gasteiger partial charge in [-0.15, -0.1) is 0 Å². The van der Waals surface area contributed by atoms with Crippen molar-refractivity contribution in [2.75, 3.05) is 0 Å². The largest absolute Gasteiger partial charge is 0.476 e. The minimum Gasteiger partial charge on any atom is -0.476 e. The average molecular weight is 258 g/mol. The van der Waals surface area contributed by atoms with Crippen LogP contribution in [0.15, 0.2) is 0 Å². The first-order valence-electron chi connectivity index (χ1n) is 5.32. The van der Waals surface area contributed by atoms with Gasteiger partial charge in [-0.3, -0.25) is 4.68 Å². The molecule has 2 heterocycles. The highest BCUT2D eigenvalue weighted by Gasteiger charge is 2.34. The molecule has 0 aliphatic carbocycles. The molecule has 1 aliphatic heterocycles. The molecule has 0 aromatic carbocycles. The summed E-state index contributed by atoms with van der Waals surface area (Å²) in [5.74, 6) is -1.19. The van der Waals surface area contributed by atoms with Crippen LogP contribution in [0.1, 0.15) is 35.6 Å². The van der Waals surface area contributed by atoms with Gasteiger partial charge in [-0.05, 0) is 5.92 Å². The van der Waals surface area contributed by atoms with E-state index in [-0.39, 0.29) is 23.1 Å². The van der Waals surface area contributed by atoms with Gasteiger partial charge in [-0.1, -0.05) is 13.8 Å². The zero-order valence-corrected chi connectivity index (χ0v) is 10.5. The minimum absolute atomic E-state index is 0.102. The molecule has 1 aromatic rings. The number of sulfone groups is 1. The lowest BCUT2D eigenvalue weighted by molar-refractivity contribution is 0.0688. The van der Waals surface area contributed by atoms with Crippen molar-refractivity contribution in [2.24, 2.45) is 5.92 Å². The third-order valence-corrected chi connectivity index (χ3v) is 4.07. The van der Waals surface area contributed by atoms with E-state index >= 15 is 0 Å². The van der Waals surface area contributed by atoms with Gasteiger partial charge in [0.15, 0.2) is 15.5 Å². The van der Waals surface area contributed by atoms with Gasteiger partial charge >= 0.3 is 5.97 Å². The highest BCUT2D eigenvalue weighted by atomic mass is 32.2. The Kier molecular flexibility index (Phi) is 2.73. The third kappa shape index (κ3) is 2.19. The molecule has 0 unspecified atom stereocenters. The van der Waals surface area contributed by atoms with Crippen molar-refractivity contribution in [1.29, 1.82) is 0 Å². The number of rotatable bonds is 3. The normalized spacial score (nSPS) is 17.4. The first-order chi connectivity index (χ1) is 7.80. The second-order valence-electron chi connectivity index (χ2n) is 4.69. The van der Waals surface area contributed by atoms with E-state index in [0.717, 1.165) is 0 Å². The molecule has 0 bridgehead atoms. The molecule has 94 valence electrons. The molecule has 0 spiro atoms. The highest BCUT2D eigenvalue weighted by Crippen LogP contribution is 2.28. The molecule has 1 aliphatic rings. The highest BCUT2D eigenvalue weighted by molar-refractivity contribution is 7.90. The number of aromatic carboxylic acids is 1. The zero-order chi connectivity index (χ0) is 12.8. The van der Waals surface area contributed by atoms with Crippen LogP contribution < -0.4 is 0 Å². The molecular weight excluding hydrogens is 244 g/mol. The Morgan fingerprint density at radius 2 is 2.12 bits per heavy atom. The minimum atomic E-state index is -3.20. The van der Waals surface area contributed by atoms with Crippen molar-refractivity contribution in [2.45, 2.75) is 31.9 Å². The predicted octanol–water partition coefficient (Wildman–Crippen LogP) is 0.666. The first-order valence-corrected chi connectivity index (χ1v) is 7.14. The fraction of sp³-hybridized carbons (Fsp3) is 0.600. The van der Waals surface area contributed by atoms with Crippen LogP contribution in [0, 0.1) is 5.92 Å². The Hall–Kier alpha value is -1.37. The number of carboxylic acids is 1. The summed E-state index contributed by atoms with van der Waals surface area (Å²) in [7, 11) is -3.20. The van der Waals surface area contributed by atoms with Crippen LogP contribution in [-0.2, 0) is 27.9 Å². The van der Waals surface area contributed by atoms with Crippen molar-refractivity contribution in [1.82, 2.24) is 9.78 Å². The number of fused-ring (bicyclic) bond motifs is 1. The van der Waals surface area contributed by atoms with Gasteiger partial charge < -0.3 is 5.11 Å². The molecular formula is C10H14N2O4S. The molecule has 6 nitrogen and oxygen atoms in total. The summed E-state index contributed by atoms with van der Waals surface area (Å²) in [6.45, 7) is 4.47. The van der Waals surface area contributed by atoms with Gasteiger partial charge in [0.25, 0.3) is 0 Å². The fourth-order valence-corrected chi connectivity index (χ4v) is 3.58. The van der Waals surface area contributed by atoms with E-state index in [4.69, 9.17) is 5.11 Å². The molecule has 0 atom stereocenters. The smallest absolute Gasteiger partial charge is 0.356 e. The van der Waals surface area contributed by atoms with Crippen molar-refractivity contribution < 1.29 is 18.3 Å². The number of carbonyl (C=O) groups is 1. The Morgan fingerprint density at radius 3 is 2.65 bits per heavy atom. The molecule has 0 radical (unpaired) electrons. The predicted molar refractivity (Wildman–Crippen MR) is 60.4 cm³/mol. The summed E-state index contributed by atoms with van der Waals surface area (Å²) in [5, 5.41) is 13.0. The van der Waals surface area contributed by atoms with Crippen LogP contribution in [0.5, 0.6) is 0 Å². The lowest BCUT2D eigenvalue weighted by atomic mass is 10.2. The molecule has 1 aromatic heterocycles. The van der Waals surface area contributed by atoms with Crippen molar-refractivity contribution in [3.8, 4) is 0 Å². The number of nitrogens with zero attached hydrogens (tertiary/aromatic N) is 2. The Labute approximate surface area is 99.2 Å². The van der Waals surface area contributed by atoms with E-state index < -0.39 is 15.8 Å². The van der Waals surface area contributed by atoms with Crippen LogP contribution in [0.3, 0.4) is 0 Å². The Bertz CT molecular complexity index is 571. The lowest BCUT2D eigenvalue weighted by Gasteiger charge is -2.07. The Morgan fingerprint density at radius 1 is 1.47 bits per heavy atom.